The molecule has 0 aliphatic rings. The lowest BCUT2D eigenvalue weighted by Gasteiger charge is -2.19. The number of hydrogen-bond donors (Lipinski definition) is 2. The Kier molecular flexibility index (Phi) is 4.94. The van der Waals surface area contributed by atoms with Crippen molar-refractivity contribution in [2.75, 3.05) is 0 Å². The highest BCUT2D eigenvalue weighted by molar-refractivity contribution is 5.33. The van der Waals surface area contributed by atoms with Crippen LogP contribution in [0, 0.1) is 20.8 Å². The maximum atomic E-state index is 5.76. The van der Waals surface area contributed by atoms with E-state index < -0.39 is 0 Å². The van der Waals surface area contributed by atoms with Gasteiger partial charge in [0.1, 0.15) is 0 Å². The van der Waals surface area contributed by atoms with Gasteiger partial charge in [0.2, 0.25) is 0 Å². The Morgan fingerprint density at radius 1 is 1.00 bits per heavy atom. The summed E-state index contributed by atoms with van der Waals surface area (Å²) in [6, 6.07) is 15.4. The number of rotatable bonds is 5. The van der Waals surface area contributed by atoms with E-state index in [9.17, 15) is 0 Å². The third-order valence-electron chi connectivity index (χ3n) is 3.81. The van der Waals surface area contributed by atoms with Crippen LogP contribution in [0.2, 0.25) is 0 Å². The van der Waals surface area contributed by atoms with Gasteiger partial charge in [-0.1, -0.05) is 53.6 Å². The first-order chi connectivity index (χ1) is 9.60. The van der Waals surface area contributed by atoms with Gasteiger partial charge in [-0.25, -0.2) is 0 Å². The predicted octanol–water partition coefficient (Wildman–Crippen LogP) is 3.75. The molecular weight excluding hydrogens is 244 g/mol. The van der Waals surface area contributed by atoms with E-state index in [2.05, 4.69) is 68.7 Å². The molecule has 20 heavy (non-hydrogen) atoms. The van der Waals surface area contributed by atoms with Crippen molar-refractivity contribution in [3.8, 4) is 0 Å². The van der Waals surface area contributed by atoms with Gasteiger partial charge in [-0.05, 0) is 50.3 Å². The number of aryl methyl sites for hydroxylation is 4. The number of nitrogens with two attached hydrogens (primary N) is 1. The molecule has 0 saturated heterocycles. The van der Waals surface area contributed by atoms with Crippen molar-refractivity contribution in [2.45, 2.75) is 39.7 Å². The molecule has 0 spiro atoms. The van der Waals surface area contributed by atoms with Gasteiger partial charge in [0.05, 0.1) is 0 Å². The number of hydrogen-bond acceptors (Lipinski definition) is 2. The van der Waals surface area contributed by atoms with Crippen LogP contribution in [0.1, 0.15) is 40.3 Å². The van der Waals surface area contributed by atoms with E-state index in [-0.39, 0.29) is 6.04 Å². The average Bonchev–Trinajstić information content (AvgIpc) is 2.41. The van der Waals surface area contributed by atoms with Gasteiger partial charge in [0.15, 0.2) is 0 Å². The van der Waals surface area contributed by atoms with Gasteiger partial charge in [-0.15, -0.1) is 0 Å². The Morgan fingerprint density at radius 2 is 1.75 bits per heavy atom. The van der Waals surface area contributed by atoms with Crippen LogP contribution >= 0.6 is 0 Å². The Labute approximate surface area is 122 Å². The first-order valence-electron chi connectivity index (χ1n) is 7.19. The highest BCUT2D eigenvalue weighted by atomic mass is 15.2. The standard InChI is InChI=1S/C18H24N2/c1-13-5-4-6-16(12-13)8-10-18(20-19)17-9-7-14(2)11-15(17)3/h4-7,9,11-12,18,20H,8,10,19H2,1-3H3. The molecule has 0 bridgehead atoms. The quantitative estimate of drug-likeness (QED) is 0.640. The topological polar surface area (TPSA) is 38.0 Å². The molecule has 2 aromatic carbocycles. The van der Waals surface area contributed by atoms with Crippen molar-refractivity contribution in [2.24, 2.45) is 5.84 Å². The molecule has 0 aliphatic heterocycles. The second kappa shape index (κ2) is 6.69. The number of nitrogens with one attached hydrogen (secondary N) is 1. The molecule has 0 saturated carbocycles. The normalized spacial score (nSPS) is 12.4. The van der Waals surface area contributed by atoms with E-state index >= 15 is 0 Å². The van der Waals surface area contributed by atoms with Crippen molar-refractivity contribution >= 4 is 0 Å². The summed E-state index contributed by atoms with van der Waals surface area (Å²) in [5.41, 5.74) is 9.54. The van der Waals surface area contributed by atoms with E-state index in [4.69, 9.17) is 5.84 Å². The van der Waals surface area contributed by atoms with Crippen molar-refractivity contribution in [3.05, 3.63) is 70.3 Å². The fraction of sp³-hybridized carbons (Fsp3) is 0.333. The molecule has 2 rings (SSSR count). The van der Waals surface area contributed by atoms with E-state index in [1.54, 1.807) is 0 Å². The average molecular weight is 268 g/mol. The van der Waals surface area contributed by atoms with E-state index in [0.717, 1.165) is 12.8 Å². The zero-order chi connectivity index (χ0) is 14.5. The Bertz CT molecular complexity index is 575. The van der Waals surface area contributed by atoms with Crippen molar-refractivity contribution in [1.82, 2.24) is 5.43 Å². The van der Waals surface area contributed by atoms with Gasteiger partial charge >= 0.3 is 0 Å². The number of benzene rings is 2. The van der Waals surface area contributed by atoms with E-state index in [1.165, 1.54) is 27.8 Å². The van der Waals surface area contributed by atoms with Crippen LogP contribution in [-0.4, -0.2) is 0 Å². The summed E-state index contributed by atoms with van der Waals surface area (Å²) >= 11 is 0. The van der Waals surface area contributed by atoms with Crippen molar-refractivity contribution < 1.29 is 0 Å². The summed E-state index contributed by atoms with van der Waals surface area (Å²) in [5, 5.41) is 0. The summed E-state index contributed by atoms with van der Waals surface area (Å²) in [4.78, 5) is 0. The zero-order valence-corrected chi connectivity index (χ0v) is 12.6. The number of hydrazine groups is 1. The summed E-state index contributed by atoms with van der Waals surface area (Å²) in [7, 11) is 0. The van der Waals surface area contributed by atoms with Crippen LogP contribution < -0.4 is 11.3 Å². The summed E-state index contributed by atoms with van der Waals surface area (Å²) in [5.74, 6) is 5.76. The van der Waals surface area contributed by atoms with Gasteiger partial charge in [-0.2, -0.15) is 0 Å². The Morgan fingerprint density at radius 3 is 2.40 bits per heavy atom. The Hall–Kier alpha value is -1.64. The molecule has 1 atom stereocenters. The van der Waals surface area contributed by atoms with Crippen LogP contribution in [0.3, 0.4) is 0 Å². The molecule has 2 aromatic rings. The predicted molar refractivity (Wildman–Crippen MR) is 85.5 cm³/mol. The van der Waals surface area contributed by atoms with Crippen molar-refractivity contribution in [1.29, 1.82) is 0 Å². The molecule has 1 unspecified atom stereocenters. The lowest BCUT2D eigenvalue weighted by molar-refractivity contribution is 0.514. The smallest absolute Gasteiger partial charge is 0.0465 e. The minimum atomic E-state index is 0.205. The largest absolute Gasteiger partial charge is 0.271 e. The SMILES string of the molecule is Cc1cccc(CCC(NN)c2ccc(C)cc2C)c1. The van der Waals surface area contributed by atoms with Crippen LogP contribution in [0.4, 0.5) is 0 Å². The van der Waals surface area contributed by atoms with Gasteiger partial charge in [0.25, 0.3) is 0 Å². The Balaban J connectivity index is 2.09. The minimum Gasteiger partial charge on any atom is -0.271 e. The maximum absolute atomic E-state index is 5.76. The van der Waals surface area contributed by atoms with Crippen LogP contribution in [0.25, 0.3) is 0 Å². The fourth-order valence-corrected chi connectivity index (χ4v) is 2.72. The minimum absolute atomic E-state index is 0.205. The van der Waals surface area contributed by atoms with Gasteiger partial charge in [-0.3, -0.25) is 11.3 Å². The second-order valence-corrected chi connectivity index (χ2v) is 5.61. The first-order valence-corrected chi connectivity index (χ1v) is 7.19. The molecule has 0 aromatic heterocycles. The highest BCUT2D eigenvalue weighted by Gasteiger charge is 2.12. The molecule has 0 fully saturated rings. The fourth-order valence-electron chi connectivity index (χ4n) is 2.72. The van der Waals surface area contributed by atoms with E-state index in [0.29, 0.717) is 0 Å². The highest BCUT2D eigenvalue weighted by Crippen LogP contribution is 2.23. The van der Waals surface area contributed by atoms with E-state index in [1.807, 2.05) is 0 Å². The molecule has 0 heterocycles. The molecule has 2 heteroatoms. The zero-order valence-electron chi connectivity index (χ0n) is 12.6. The molecular formula is C18H24N2. The molecule has 0 amide bonds. The van der Waals surface area contributed by atoms with Crippen molar-refractivity contribution in [3.63, 3.8) is 0 Å². The molecule has 106 valence electrons. The molecule has 3 N–H and O–H groups in total. The lowest BCUT2D eigenvalue weighted by Crippen LogP contribution is -2.29. The van der Waals surface area contributed by atoms with Crippen LogP contribution in [0.5, 0.6) is 0 Å². The third kappa shape index (κ3) is 3.69. The maximum Gasteiger partial charge on any atom is 0.0465 e. The molecule has 0 aliphatic carbocycles. The first kappa shape index (κ1) is 14.8. The summed E-state index contributed by atoms with van der Waals surface area (Å²) in [6.45, 7) is 6.40. The lowest BCUT2D eigenvalue weighted by atomic mass is 9.94. The summed E-state index contributed by atoms with van der Waals surface area (Å²) < 4.78 is 0. The summed E-state index contributed by atoms with van der Waals surface area (Å²) in [6.07, 6.45) is 2.04. The van der Waals surface area contributed by atoms with Gasteiger partial charge < -0.3 is 0 Å². The van der Waals surface area contributed by atoms with Crippen LogP contribution in [0.15, 0.2) is 42.5 Å². The molecule has 2 nitrogen and oxygen atoms in total. The molecule has 0 radical (unpaired) electrons. The van der Waals surface area contributed by atoms with Crippen LogP contribution in [-0.2, 0) is 6.42 Å². The van der Waals surface area contributed by atoms with Gasteiger partial charge in [0, 0.05) is 6.04 Å². The monoisotopic (exact) mass is 268 g/mol. The third-order valence-corrected chi connectivity index (χ3v) is 3.81. The second-order valence-electron chi connectivity index (χ2n) is 5.61.